The van der Waals surface area contributed by atoms with Gasteiger partial charge in [0, 0.05) is 11.8 Å². The fraction of sp³-hybridized carbons (Fsp3) is 0.182. The predicted molar refractivity (Wildman–Crippen MR) is 72.1 cm³/mol. The maximum absolute atomic E-state index is 6.02. The first kappa shape index (κ1) is 12.4. The summed E-state index contributed by atoms with van der Waals surface area (Å²) in [7, 11) is 0. The molecule has 0 aliphatic rings. The van der Waals surface area contributed by atoms with Crippen LogP contribution in [0.25, 0.3) is 0 Å². The summed E-state index contributed by atoms with van der Waals surface area (Å²) in [6, 6.07) is 1.86. The van der Waals surface area contributed by atoms with Crippen LogP contribution < -0.4 is 10.6 Å². The largest absolute Gasteiger partial charge is 0.331 e. The van der Waals surface area contributed by atoms with Crippen molar-refractivity contribution in [1.82, 2.24) is 20.2 Å². The fourth-order valence-corrected chi connectivity index (χ4v) is 1.42. The molecule has 2 rings (SSSR count). The van der Waals surface area contributed by atoms with Crippen molar-refractivity contribution < 1.29 is 0 Å². The van der Waals surface area contributed by atoms with Crippen molar-refractivity contribution in [2.24, 2.45) is 0 Å². The molecule has 18 heavy (non-hydrogen) atoms. The summed E-state index contributed by atoms with van der Waals surface area (Å²) in [4.78, 5) is 8.29. The van der Waals surface area contributed by atoms with Crippen LogP contribution in [0.4, 0.5) is 17.6 Å². The summed E-state index contributed by atoms with van der Waals surface area (Å²) >= 11 is 6.02. The van der Waals surface area contributed by atoms with E-state index >= 15 is 0 Å². The quantitative estimate of drug-likeness (QED) is 0.791. The first-order valence-electron chi connectivity index (χ1n) is 5.38. The van der Waals surface area contributed by atoms with Crippen molar-refractivity contribution in [1.29, 1.82) is 0 Å². The molecule has 2 aromatic heterocycles. The smallest absolute Gasteiger partial charge is 0.228 e. The Morgan fingerprint density at radius 1 is 1.44 bits per heavy atom. The number of nitrogens with zero attached hydrogens (tertiary/aromatic N) is 3. The van der Waals surface area contributed by atoms with Crippen LogP contribution in [0.5, 0.6) is 0 Å². The lowest BCUT2D eigenvalue weighted by molar-refractivity contribution is 1.05. The van der Waals surface area contributed by atoms with Gasteiger partial charge >= 0.3 is 0 Å². The summed E-state index contributed by atoms with van der Waals surface area (Å²) in [6.45, 7) is 3.81. The van der Waals surface area contributed by atoms with Gasteiger partial charge in [-0.15, -0.1) is 0 Å². The molecular formula is C11H13ClN6. The number of anilines is 3. The van der Waals surface area contributed by atoms with Crippen molar-refractivity contribution in [2.75, 3.05) is 10.6 Å². The van der Waals surface area contributed by atoms with Crippen LogP contribution in [0.1, 0.15) is 12.6 Å². The van der Waals surface area contributed by atoms with E-state index in [1.807, 2.05) is 26.0 Å². The molecule has 0 saturated heterocycles. The third kappa shape index (κ3) is 2.98. The molecule has 0 aromatic carbocycles. The molecule has 2 aromatic rings. The number of halogens is 1. The molecule has 0 spiro atoms. The van der Waals surface area contributed by atoms with Crippen LogP contribution in [0.3, 0.4) is 0 Å². The molecule has 7 heteroatoms. The third-order valence-corrected chi connectivity index (χ3v) is 2.35. The first-order valence-corrected chi connectivity index (χ1v) is 5.76. The highest BCUT2D eigenvalue weighted by Gasteiger charge is 2.06. The average Bonchev–Trinajstić information content (AvgIpc) is 2.76. The van der Waals surface area contributed by atoms with E-state index in [1.165, 1.54) is 6.20 Å². The number of aromatic amines is 1. The standard InChI is InChI=1S/C11H13ClN6/c1-3-4-13-11-14-6-8(12)10(16-11)15-9-5-7(2)17-18-9/h3-6H,1-2H3,(H3,13,14,15,16,17,18)/b4-3+. The minimum absolute atomic E-state index is 0.432. The van der Waals surface area contributed by atoms with Gasteiger partial charge in [-0.1, -0.05) is 17.7 Å². The van der Waals surface area contributed by atoms with Crippen LogP contribution in [0.2, 0.25) is 5.02 Å². The maximum Gasteiger partial charge on any atom is 0.228 e. The highest BCUT2D eigenvalue weighted by molar-refractivity contribution is 6.32. The van der Waals surface area contributed by atoms with E-state index in [0.717, 1.165) is 5.69 Å². The average molecular weight is 265 g/mol. The highest BCUT2D eigenvalue weighted by atomic mass is 35.5. The summed E-state index contributed by atoms with van der Waals surface area (Å²) in [5.41, 5.74) is 0.954. The zero-order valence-corrected chi connectivity index (χ0v) is 10.8. The third-order valence-electron chi connectivity index (χ3n) is 2.08. The summed E-state index contributed by atoms with van der Waals surface area (Å²) in [5, 5.41) is 13.3. The Hall–Kier alpha value is -2.08. The number of hydrogen-bond donors (Lipinski definition) is 3. The number of aryl methyl sites for hydroxylation is 1. The Bertz CT molecular complexity index is 562. The minimum atomic E-state index is 0.432. The SMILES string of the molecule is C/C=C/Nc1ncc(Cl)c(Nc2cc(C)[nH]n2)n1. The van der Waals surface area contributed by atoms with Crippen LogP contribution >= 0.6 is 11.6 Å². The maximum atomic E-state index is 6.02. The van der Waals surface area contributed by atoms with Crippen LogP contribution in [0, 0.1) is 6.92 Å². The molecule has 0 atom stereocenters. The van der Waals surface area contributed by atoms with Crippen molar-refractivity contribution >= 4 is 29.2 Å². The second kappa shape index (κ2) is 5.50. The Morgan fingerprint density at radius 2 is 2.28 bits per heavy atom. The molecule has 3 N–H and O–H groups in total. The lowest BCUT2D eigenvalue weighted by Gasteiger charge is -2.06. The normalized spacial score (nSPS) is 10.8. The summed E-state index contributed by atoms with van der Waals surface area (Å²) < 4.78 is 0. The van der Waals surface area contributed by atoms with Crippen molar-refractivity contribution in [2.45, 2.75) is 13.8 Å². The zero-order valence-electron chi connectivity index (χ0n) is 10.0. The first-order chi connectivity index (χ1) is 8.69. The van der Waals surface area contributed by atoms with Gasteiger partial charge in [0.05, 0.1) is 6.20 Å². The molecule has 0 aliphatic heterocycles. The molecule has 0 aliphatic carbocycles. The molecule has 0 bridgehead atoms. The van der Waals surface area contributed by atoms with Crippen LogP contribution in [-0.4, -0.2) is 20.2 Å². The van der Waals surface area contributed by atoms with Gasteiger partial charge in [-0.05, 0) is 20.0 Å². The van der Waals surface area contributed by atoms with Crippen LogP contribution in [0.15, 0.2) is 24.5 Å². The molecule has 94 valence electrons. The van der Waals surface area contributed by atoms with E-state index in [0.29, 0.717) is 22.6 Å². The van der Waals surface area contributed by atoms with E-state index in [4.69, 9.17) is 11.6 Å². The Morgan fingerprint density at radius 3 is 2.94 bits per heavy atom. The monoisotopic (exact) mass is 264 g/mol. The molecule has 0 fully saturated rings. The number of hydrogen-bond acceptors (Lipinski definition) is 5. The predicted octanol–water partition coefficient (Wildman–Crippen LogP) is 2.85. The van der Waals surface area contributed by atoms with Crippen molar-refractivity contribution in [3.05, 3.63) is 35.3 Å². The number of allylic oxidation sites excluding steroid dienone is 1. The second-order valence-electron chi connectivity index (χ2n) is 3.60. The number of rotatable bonds is 4. The zero-order chi connectivity index (χ0) is 13.0. The van der Waals surface area contributed by atoms with E-state index in [1.54, 1.807) is 6.20 Å². The molecule has 0 radical (unpaired) electrons. The number of nitrogens with one attached hydrogen (secondary N) is 3. The van der Waals surface area contributed by atoms with Crippen molar-refractivity contribution in [3.63, 3.8) is 0 Å². The Labute approximate surface area is 109 Å². The van der Waals surface area contributed by atoms with Gasteiger partial charge in [-0.3, -0.25) is 5.10 Å². The Balaban J connectivity index is 2.20. The van der Waals surface area contributed by atoms with Crippen LogP contribution in [-0.2, 0) is 0 Å². The van der Waals surface area contributed by atoms with Crippen molar-refractivity contribution in [3.8, 4) is 0 Å². The van der Waals surface area contributed by atoms with Gasteiger partial charge in [-0.25, -0.2) is 4.98 Å². The van der Waals surface area contributed by atoms with E-state index in [9.17, 15) is 0 Å². The molecule has 0 amide bonds. The molecular weight excluding hydrogens is 252 g/mol. The molecule has 0 unspecified atom stereocenters. The molecule has 2 heterocycles. The lowest BCUT2D eigenvalue weighted by Crippen LogP contribution is -2.00. The van der Waals surface area contributed by atoms with Gasteiger partial charge in [-0.2, -0.15) is 10.1 Å². The van der Waals surface area contributed by atoms with Gasteiger partial charge in [0.1, 0.15) is 5.02 Å². The molecule has 0 saturated carbocycles. The minimum Gasteiger partial charge on any atom is -0.331 e. The van der Waals surface area contributed by atoms with Gasteiger partial charge in [0.15, 0.2) is 11.6 Å². The van der Waals surface area contributed by atoms with E-state index in [-0.39, 0.29) is 0 Å². The fourth-order valence-electron chi connectivity index (χ4n) is 1.29. The lowest BCUT2D eigenvalue weighted by atomic mass is 10.4. The number of H-pyrrole nitrogens is 1. The highest BCUT2D eigenvalue weighted by Crippen LogP contribution is 2.22. The van der Waals surface area contributed by atoms with Gasteiger partial charge in [0.25, 0.3) is 0 Å². The second-order valence-corrected chi connectivity index (χ2v) is 4.00. The summed E-state index contributed by atoms with van der Waals surface area (Å²) in [5.74, 6) is 1.63. The summed E-state index contributed by atoms with van der Waals surface area (Å²) in [6.07, 6.45) is 5.12. The van der Waals surface area contributed by atoms with E-state index < -0.39 is 0 Å². The Kier molecular flexibility index (Phi) is 3.78. The number of aromatic nitrogens is 4. The van der Waals surface area contributed by atoms with Gasteiger partial charge < -0.3 is 10.6 Å². The van der Waals surface area contributed by atoms with E-state index in [2.05, 4.69) is 30.8 Å². The topological polar surface area (TPSA) is 78.5 Å². The molecule has 6 nitrogen and oxygen atoms in total. The van der Waals surface area contributed by atoms with Gasteiger partial charge in [0.2, 0.25) is 5.95 Å².